The number of hydrogen-bond donors (Lipinski definition) is 1. The maximum Gasteiger partial charge on any atom is 0.328 e. The summed E-state index contributed by atoms with van der Waals surface area (Å²) in [6, 6.07) is 8.12. The van der Waals surface area contributed by atoms with Crippen molar-refractivity contribution in [2.45, 2.75) is 19.4 Å². The highest BCUT2D eigenvalue weighted by atomic mass is 16.5. The lowest BCUT2D eigenvalue weighted by Gasteiger charge is -2.22. The van der Waals surface area contributed by atoms with Crippen molar-refractivity contribution in [3.8, 4) is 0 Å². The number of carbonyl (C=O) groups is 3. The van der Waals surface area contributed by atoms with Crippen LogP contribution in [0, 0.1) is 5.92 Å². The molecule has 1 aliphatic rings. The Hall–Kier alpha value is -2.37. The van der Waals surface area contributed by atoms with Gasteiger partial charge in [0.15, 0.2) is 0 Å². The molecule has 0 aromatic heterocycles. The van der Waals surface area contributed by atoms with Gasteiger partial charge in [0.05, 0.1) is 13.7 Å². The summed E-state index contributed by atoms with van der Waals surface area (Å²) in [4.78, 5) is 37.4. The second kappa shape index (κ2) is 7.06. The van der Waals surface area contributed by atoms with E-state index >= 15 is 0 Å². The second-order valence-electron chi connectivity index (χ2n) is 5.47. The normalized spacial score (nSPS) is 20.5. The lowest BCUT2D eigenvalue weighted by Crippen LogP contribution is -2.45. The van der Waals surface area contributed by atoms with Gasteiger partial charge in [0.25, 0.3) is 5.91 Å². The maximum atomic E-state index is 12.3. The number of benzene rings is 1. The van der Waals surface area contributed by atoms with Gasteiger partial charge in [0.2, 0.25) is 5.91 Å². The highest BCUT2D eigenvalue weighted by Crippen LogP contribution is 2.23. The molecule has 1 N–H and O–H groups in total. The van der Waals surface area contributed by atoms with E-state index in [1.54, 1.807) is 24.3 Å². The van der Waals surface area contributed by atoms with Crippen molar-refractivity contribution in [2.24, 2.45) is 5.92 Å². The van der Waals surface area contributed by atoms with Gasteiger partial charge in [-0.25, -0.2) is 4.79 Å². The molecule has 6 nitrogen and oxygen atoms in total. The number of esters is 1. The minimum atomic E-state index is -0.555. The standard InChI is InChI=1S/C16H20N2O4/c1-11-8-13(16(21)22-2)18(10-11)14(19)9-17-15(20)12-6-4-3-5-7-12/h3-7,11,13H,8-10H2,1-2H3,(H,17,20)/t11-,13+/m1/s1. The number of amides is 2. The quantitative estimate of drug-likeness (QED) is 0.836. The summed E-state index contributed by atoms with van der Waals surface area (Å²) in [5, 5.41) is 2.59. The molecule has 0 unspecified atom stereocenters. The van der Waals surface area contributed by atoms with Crippen molar-refractivity contribution < 1.29 is 19.1 Å². The molecule has 1 aromatic carbocycles. The van der Waals surface area contributed by atoms with Gasteiger partial charge in [-0.15, -0.1) is 0 Å². The molecule has 1 aromatic rings. The molecular weight excluding hydrogens is 284 g/mol. The third-order valence-corrected chi connectivity index (χ3v) is 3.74. The lowest BCUT2D eigenvalue weighted by atomic mass is 10.1. The Labute approximate surface area is 129 Å². The first-order valence-corrected chi connectivity index (χ1v) is 7.23. The summed E-state index contributed by atoms with van der Waals surface area (Å²) in [5.41, 5.74) is 0.495. The zero-order chi connectivity index (χ0) is 16.1. The Morgan fingerprint density at radius 1 is 1.27 bits per heavy atom. The maximum absolute atomic E-state index is 12.3. The molecule has 2 atom stereocenters. The zero-order valence-electron chi connectivity index (χ0n) is 12.7. The van der Waals surface area contributed by atoms with Crippen molar-refractivity contribution >= 4 is 17.8 Å². The molecular formula is C16H20N2O4. The van der Waals surface area contributed by atoms with E-state index in [-0.39, 0.29) is 24.3 Å². The number of likely N-dealkylation sites (tertiary alicyclic amines) is 1. The molecule has 0 radical (unpaired) electrons. The molecule has 6 heteroatoms. The van der Waals surface area contributed by atoms with Crippen LogP contribution in [-0.2, 0) is 14.3 Å². The SMILES string of the molecule is COC(=O)[C@@H]1C[C@@H](C)CN1C(=O)CNC(=O)c1ccccc1. The van der Waals surface area contributed by atoms with Crippen LogP contribution in [0.1, 0.15) is 23.7 Å². The average molecular weight is 304 g/mol. The van der Waals surface area contributed by atoms with Crippen molar-refractivity contribution in [1.82, 2.24) is 10.2 Å². The van der Waals surface area contributed by atoms with Crippen LogP contribution in [0.25, 0.3) is 0 Å². The lowest BCUT2D eigenvalue weighted by molar-refractivity contribution is -0.150. The van der Waals surface area contributed by atoms with E-state index in [0.717, 1.165) is 0 Å². The van der Waals surface area contributed by atoms with Gasteiger partial charge in [-0.3, -0.25) is 9.59 Å². The van der Waals surface area contributed by atoms with Crippen molar-refractivity contribution in [3.05, 3.63) is 35.9 Å². The highest BCUT2D eigenvalue weighted by molar-refractivity contribution is 5.97. The van der Waals surface area contributed by atoms with E-state index in [2.05, 4.69) is 5.32 Å². The molecule has 0 saturated carbocycles. The average Bonchev–Trinajstić information content (AvgIpc) is 2.94. The Morgan fingerprint density at radius 3 is 2.59 bits per heavy atom. The van der Waals surface area contributed by atoms with Crippen LogP contribution >= 0.6 is 0 Å². The van der Waals surface area contributed by atoms with Crippen LogP contribution in [0.5, 0.6) is 0 Å². The summed E-state index contributed by atoms with van der Waals surface area (Å²) in [6.07, 6.45) is 0.588. The summed E-state index contributed by atoms with van der Waals surface area (Å²) in [5.74, 6) is -0.759. The van der Waals surface area contributed by atoms with Gasteiger partial charge in [-0.2, -0.15) is 0 Å². The molecule has 22 heavy (non-hydrogen) atoms. The molecule has 118 valence electrons. The topological polar surface area (TPSA) is 75.7 Å². The van der Waals surface area contributed by atoms with Gasteiger partial charge < -0.3 is 15.0 Å². The van der Waals surface area contributed by atoms with Crippen LogP contribution in [0.15, 0.2) is 30.3 Å². The molecule has 2 rings (SSSR count). The molecule has 1 aliphatic heterocycles. The fraction of sp³-hybridized carbons (Fsp3) is 0.438. The van der Waals surface area contributed by atoms with Crippen LogP contribution in [0.4, 0.5) is 0 Å². The molecule has 0 bridgehead atoms. The molecule has 1 fully saturated rings. The number of carbonyl (C=O) groups excluding carboxylic acids is 3. The minimum absolute atomic E-state index is 0.131. The predicted molar refractivity (Wildman–Crippen MR) is 80.1 cm³/mol. The highest BCUT2D eigenvalue weighted by Gasteiger charge is 2.38. The van der Waals surface area contributed by atoms with E-state index < -0.39 is 12.0 Å². The summed E-state index contributed by atoms with van der Waals surface area (Å²) < 4.78 is 4.74. The first kappa shape index (κ1) is 16.0. The first-order chi connectivity index (χ1) is 10.5. The van der Waals surface area contributed by atoms with Gasteiger partial charge in [-0.05, 0) is 24.5 Å². The number of ether oxygens (including phenoxy) is 1. The molecule has 0 spiro atoms. The van der Waals surface area contributed by atoms with E-state index in [1.165, 1.54) is 12.0 Å². The van der Waals surface area contributed by atoms with Crippen LogP contribution in [0.2, 0.25) is 0 Å². The van der Waals surface area contributed by atoms with Gasteiger partial charge >= 0.3 is 5.97 Å². The zero-order valence-corrected chi connectivity index (χ0v) is 12.7. The molecule has 0 aliphatic carbocycles. The summed E-state index contributed by atoms with van der Waals surface area (Å²) >= 11 is 0. The number of hydrogen-bond acceptors (Lipinski definition) is 4. The fourth-order valence-electron chi connectivity index (χ4n) is 2.63. The minimum Gasteiger partial charge on any atom is -0.467 e. The Morgan fingerprint density at radius 2 is 1.95 bits per heavy atom. The van der Waals surface area contributed by atoms with E-state index in [4.69, 9.17) is 4.74 Å². The summed E-state index contributed by atoms with van der Waals surface area (Å²) in [6.45, 7) is 2.35. The molecule has 1 saturated heterocycles. The third-order valence-electron chi connectivity index (χ3n) is 3.74. The number of methoxy groups -OCH3 is 1. The second-order valence-corrected chi connectivity index (χ2v) is 5.47. The number of nitrogens with one attached hydrogen (secondary N) is 1. The van der Waals surface area contributed by atoms with Crippen molar-refractivity contribution in [1.29, 1.82) is 0 Å². The fourth-order valence-corrected chi connectivity index (χ4v) is 2.63. The molecule has 2 amide bonds. The van der Waals surface area contributed by atoms with Crippen LogP contribution < -0.4 is 5.32 Å². The van der Waals surface area contributed by atoms with Crippen LogP contribution in [-0.4, -0.2) is 48.9 Å². The van der Waals surface area contributed by atoms with Gasteiger partial charge in [0.1, 0.15) is 6.04 Å². The Bertz CT molecular complexity index is 559. The number of nitrogens with zero attached hydrogens (tertiary/aromatic N) is 1. The van der Waals surface area contributed by atoms with E-state index in [1.807, 2.05) is 13.0 Å². The Kier molecular flexibility index (Phi) is 5.14. The van der Waals surface area contributed by atoms with Crippen LogP contribution in [0.3, 0.4) is 0 Å². The number of rotatable bonds is 4. The third kappa shape index (κ3) is 3.63. The predicted octanol–water partition coefficient (Wildman–Crippen LogP) is 0.826. The van der Waals surface area contributed by atoms with E-state index in [0.29, 0.717) is 18.5 Å². The molecule has 1 heterocycles. The Balaban J connectivity index is 1.94. The van der Waals surface area contributed by atoms with Gasteiger partial charge in [-0.1, -0.05) is 25.1 Å². The first-order valence-electron chi connectivity index (χ1n) is 7.23. The smallest absolute Gasteiger partial charge is 0.328 e. The van der Waals surface area contributed by atoms with Crippen molar-refractivity contribution in [3.63, 3.8) is 0 Å². The van der Waals surface area contributed by atoms with Crippen molar-refractivity contribution in [2.75, 3.05) is 20.2 Å². The van der Waals surface area contributed by atoms with Gasteiger partial charge in [0, 0.05) is 12.1 Å². The van der Waals surface area contributed by atoms with E-state index in [9.17, 15) is 14.4 Å². The largest absolute Gasteiger partial charge is 0.467 e. The summed E-state index contributed by atoms with van der Waals surface area (Å²) in [7, 11) is 1.31. The monoisotopic (exact) mass is 304 g/mol.